The van der Waals surface area contributed by atoms with Crippen molar-refractivity contribution in [3.8, 4) is 0 Å². The Morgan fingerprint density at radius 1 is 1.13 bits per heavy atom. The summed E-state index contributed by atoms with van der Waals surface area (Å²) < 4.78 is 38.7. The number of nitrogens with one attached hydrogen (secondary N) is 2. The predicted octanol–water partition coefficient (Wildman–Crippen LogP) is 2.26. The molecule has 39 heavy (non-hydrogen) atoms. The molecule has 1 aliphatic carbocycles. The summed E-state index contributed by atoms with van der Waals surface area (Å²) in [6.45, 7) is 2.33. The standard InChI is InChI=1S/C27H32F3N5O4/c1-16-21(24(31)37)5-6-22(33-16)26(39)10-7-19(8-11-26)34-20-9-12-35(15-20)23(36)14-32-25(38)17-3-2-4-18(13-17)27(28,29)30/h2-6,13,19-20,34,39H,7-12,14-15H2,1H3,(H2,31,37)(H,32,38)/t19?,20-,26?/m0/s1. The quantitative estimate of drug-likeness (QED) is 0.420. The third-order valence-corrected chi connectivity index (χ3v) is 7.51. The first-order valence-electron chi connectivity index (χ1n) is 12.9. The van der Waals surface area contributed by atoms with Gasteiger partial charge in [-0.3, -0.25) is 19.4 Å². The van der Waals surface area contributed by atoms with Crippen molar-refractivity contribution in [2.75, 3.05) is 19.6 Å². The summed E-state index contributed by atoms with van der Waals surface area (Å²) in [4.78, 5) is 42.4. The van der Waals surface area contributed by atoms with Crippen molar-refractivity contribution < 1.29 is 32.7 Å². The fraction of sp³-hybridized carbons (Fsp3) is 0.481. The minimum absolute atomic E-state index is 0.0551. The van der Waals surface area contributed by atoms with Crippen LogP contribution >= 0.6 is 0 Å². The van der Waals surface area contributed by atoms with Gasteiger partial charge in [0.2, 0.25) is 5.91 Å². The second kappa shape index (κ2) is 11.3. The molecule has 3 amide bonds. The number of aromatic nitrogens is 1. The van der Waals surface area contributed by atoms with E-state index in [0.29, 0.717) is 55.7 Å². The van der Waals surface area contributed by atoms with Crippen LogP contribution in [-0.4, -0.2) is 64.4 Å². The minimum atomic E-state index is -4.56. The summed E-state index contributed by atoms with van der Waals surface area (Å²) in [5, 5.41) is 17.2. The fourth-order valence-electron chi connectivity index (χ4n) is 5.26. The van der Waals surface area contributed by atoms with Gasteiger partial charge in [0, 0.05) is 30.7 Å². The fourth-order valence-corrected chi connectivity index (χ4v) is 5.26. The monoisotopic (exact) mass is 547 g/mol. The molecule has 1 saturated heterocycles. The maximum Gasteiger partial charge on any atom is 0.416 e. The van der Waals surface area contributed by atoms with E-state index in [0.717, 1.165) is 24.6 Å². The topological polar surface area (TPSA) is 138 Å². The van der Waals surface area contributed by atoms with E-state index in [1.54, 1.807) is 24.0 Å². The van der Waals surface area contributed by atoms with Crippen LogP contribution in [0.1, 0.15) is 69.8 Å². The average molecular weight is 548 g/mol. The molecular formula is C27H32F3N5O4. The number of primary amides is 1. The van der Waals surface area contributed by atoms with Crippen LogP contribution in [0, 0.1) is 6.92 Å². The first kappa shape index (κ1) is 28.5. The number of alkyl halides is 3. The molecule has 1 atom stereocenters. The van der Waals surface area contributed by atoms with Crippen molar-refractivity contribution in [3.63, 3.8) is 0 Å². The minimum Gasteiger partial charge on any atom is -0.384 e. The summed E-state index contributed by atoms with van der Waals surface area (Å²) in [6, 6.07) is 7.50. The summed E-state index contributed by atoms with van der Waals surface area (Å²) in [6.07, 6.45) is -1.45. The molecule has 2 heterocycles. The highest BCUT2D eigenvalue weighted by Gasteiger charge is 2.38. The van der Waals surface area contributed by atoms with E-state index < -0.39 is 29.2 Å². The van der Waals surface area contributed by atoms with Gasteiger partial charge in [-0.15, -0.1) is 0 Å². The number of rotatable bonds is 7. The van der Waals surface area contributed by atoms with Crippen LogP contribution in [0.3, 0.4) is 0 Å². The number of aliphatic hydroxyl groups is 1. The number of hydrogen-bond donors (Lipinski definition) is 4. The van der Waals surface area contributed by atoms with E-state index in [9.17, 15) is 32.7 Å². The molecule has 0 spiro atoms. The molecule has 9 nitrogen and oxygen atoms in total. The van der Waals surface area contributed by atoms with Crippen LogP contribution in [0.4, 0.5) is 13.2 Å². The Labute approximate surface area is 224 Å². The Morgan fingerprint density at radius 3 is 2.49 bits per heavy atom. The highest BCUT2D eigenvalue weighted by atomic mass is 19.4. The van der Waals surface area contributed by atoms with Crippen molar-refractivity contribution in [3.05, 3.63) is 64.5 Å². The first-order valence-corrected chi connectivity index (χ1v) is 12.9. The van der Waals surface area contributed by atoms with E-state index in [-0.39, 0.29) is 30.1 Å². The number of hydrogen-bond acceptors (Lipinski definition) is 6. The maximum atomic E-state index is 12.9. The summed E-state index contributed by atoms with van der Waals surface area (Å²) in [5.41, 5.74) is 4.50. The number of carbonyl (C=O) groups is 3. The number of likely N-dealkylation sites (tertiary alicyclic amines) is 1. The molecule has 1 aromatic carbocycles. The average Bonchev–Trinajstić information content (AvgIpc) is 3.36. The van der Waals surface area contributed by atoms with Crippen molar-refractivity contribution in [2.45, 2.75) is 62.9 Å². The molecule has 2 aromatic rings. The van der Waals surface area contributed by atoms with E-state index in [4.69, 9.17) is 5.73 Å². The number of aryl methyl sites for hydroxylation is 1. The Balaban J connectivity index is 1.23. The van der Waals surface area contributed by atoms with Gasteiger partial charge in [-0.05, 0) is 69.4 Å². The van der Waals surface area contributed by atoms with Gasteiger partial charge in [0.25, 0.3) is 11.8 Å². The van der Waals surface area contributed by atoms with Crippen LogP contribution < -0.4 is 16.4 Å². The Bertz CT molecular complexity index is 1240. The van der Waals surface area contributed by atoms with E-state index in [2.05, 4.69) is 15.6 Å². The van der Waals surface area contributed by atoms with Crippen LogP contribution in [-0.2, 0) is 16.6 Å². The second-order valence-corrected chi connectivity index (χ2v) is 10.3. The number of pyridine rings is 1. The van der Waals surface area contributed by atoms with Gasteiger partial charge in [-0.1, -0.05) is 6.07 Å². The highest BCUT2D eigenvalue weighted by molar-refractivity contribution is 5.96. The number of halogens is 3. The van der Waals surface area contributed by atoms with E-state index in [1.807, 2.05) is 0 Å². The van der Waals surface area contributed by atoms with Crippen LogP contribution in [0.2, 0.25) is 0 Å². The molecule has 2 aliphatic rings. The van der Waals surface area contributed by atoms with Crippen molar-refractivity contribution in [1.82, 2.24) is 20.5 Å². The van der Waals surface area contributed by atoms with E-state index in [1.165, 1.54) is 6.07 Å². The second-order valence-electron chi connectivity index (χ2n) is 10.3. The van der Waals surface area contributed by atoms with Crippen molar-refractivity contribution >= 4 is 17.7 Å². The molecular weight excluding hydrogens is 515 g/mol. The zero-order chi connectivity index (χ0) is 28.4. The van der Waals surface area contributed by atoms with Crippen molar-refractivity contribution in [1.29, 1.82) is 0 Å². The lowest BCUT2D eigenvalue weighted by Gasteiger charge is -2.37. The molecule has 1 aliphatic heterocycles. The summed E-state index contributed by atoms with van der Waals surface area (Å²) in [5.74, 6) is -1.61. The molecule has 0 unspecified atom stereocenters. The number of benzene rings is 1. The van der Waals surface area contributed by atoms with Gasteiger partial charge in [0.05, 0.1) is 29.1 Å². The molecule has 0 radical (unpaired) electrons. The molecule has 1 aromatic heterocycles. The third-order valence-electron chi connectivity index (χ3n) is 7.51. The van der Waals surface area contributed by atoms with Crippen LogP contribution in [0.25, 0.3) is 0 Å². The molecule has 210 valence electrons. The lowest BCUT2D eigenvalue weighted by molar-refractivity contribution is -0.137. The lowest BCUT2D eigenvalue weighted by atomic mass is 9.79. The number of amides is 3. The summed E-state index contributed by atoms with van der Waals surface area (Å²) >= 11 is 0. The predicted molar refractivity (Wildman–Crippen MR) is 136 cm³/mol. The lowest BCUT2D eigenvalue weighted by Crippen LogP contribution is -2.46. The molecule has 4 rings (SSSR count). The number of nitrogens with two attached hydrogens (primary N) is 1. The van der Waals surface area contributed by atoms with Gasteiger partial charge in [0.15, 0.2) is 0 Å². The van der Waals surface area contributed by atoms with E-state index >= 15 is 0 Å². The summed E-state index contributed by atoms with van der Waals surface area (Å²) in [7, 11) is 0. The van der Waals surface area contributed by atoms with Gasteiger partial charge in [-0.25, -0.2) is 0 Å². The first-order chi connectivity index (χ1) is 18.4. The maximum absolute atomic E-state index is 12.9. The van der Waals surface area contributed by atoms with Gasteiger partial charge in [0.1, 0.15) is 5.60 Å². The molecule has 5 N–H and O–H groups in total. The molecule has 12 heteroatoms. The molecule has 1 saturated carbocycles. The van der Waals surface area contributed by atoms with Gasteiger partial charge in [-0.2, -0.15) is 13.2 Å². The number of nitrogens with zero attached hydrogens (tertiary/aromatic N) is 2. The highest BCUT2D eigenvalue weighted by Crippen LogP contribution is 2.37. The molecule has 0 bridgehead atoms. The zero-order valence-electron chi connectivity index (χ0n) is 21.6. The third kappa shape index (κ3) is 6.74. The van der Waals surface area contributed by atoms with Crippen LogP contribution in [0.15, 0.2) is 36.4 Å². The normalized spacial score (nSPS) is 23.5. The van der Waals surface area contributed by atoms with Crippen molar-refractivity contribution in [2.24, 2.45) is 5.73 Å². The molecule has 2 fully saturated rings. The van der Waals surface area contributed by atoms with Gasteiger partial charge >= 0.3 is 6.18 Å². The van der Waals surface area contributed by atoms with Crippen LogP contribution in [0.5, 0.6) is 0 Å². The number of carbonyl (C=O) groups excluding carboxylic acids is 3. The Morgan fingerprint density at radius 2 is 1.85 bits per heavy atom. The Hall–Kier alpha value is -3.51. The SMILES string of the molecule is Cc1nc(C2(O)CCC(N[C@H]3CCN(C(=O)CNC(=O)c4cccc(C(F)(F)F)c4)C3)CC2)ccc1C(N)=O. The van der Waals surface area contributed by atoms with Gasteiger partial charge < -0.3 is 26.4 Å². The smallest absolute Gasteiger partial charge is 0.384 e. The largest absolute Gasteiger partial charge is 0.416 e. The Kier molecular flexibility index (Phi) is 8.26. The zero-order valence-corrected chi connectivity index (χ0v) is 21.6.